The van der Waals surface area contributed by atoms with Crippen molar-refractivity contribution in [3.05, 3.63) is 108 Å². The summed E-state index contributed by atoms with van der Waals surface area (Å²) in [6.45, 7) is 0. The Balaban J connectivity index is 1.72. The molecule has 10 nitrogen and oxygen atoms in total. The Morgan fingerprint density at radius 3 is 1.17 bits per heavy atom. The molecule has 5 rings (SSSR count). The zero-order valence-corrected chi connectivity index (χ0v) is 15.6. The standard InChI is InChI=1S/C20H18N8O2/c29-19(15-21-4-5-22-15,16-23-6-7-24-16)13-2-1-3-14(12-13)20(30,17-25-8-9-26-17)18-27-10-11-28-18/h1-12,29-30H,(H,21,22)(H,23,24)(H,25,26)(H,27,28). The second-order valence-electron chi connectivity index (χ2n) is 6.75. The first-order chi connectivity index (χ1) is 14.6. The van der Waals surface area contributed by atoms with E-state index in [9.17, 15) is 10.2 Å². The van der Waals surface area contributed by atoms with E-state index in [2.05, 4.69) is 39.9 Å². The molecule has 150 valence electrons. The number of aromatic amines is 4. The van der Waals surface area contributed by atoms with Crippen LogP contribution >= 0.6 is 0 Å². The van der Waals surface area contributed by atoms with Crippen LogP contribution in [0.2, 0.25) is 0 Å². The lowest BCUT2D eigenvalue weighted by atomic mass is 9.85. The predicted octanol–water partition coefficient (Wildman–Crippen LogP) is 1.15. The van der Waals surface area contributed by atoms with Gasteiger partial charge >= 0.3 is 0 Å². The SMILES string of the molecule is OC(c1cccc(C(O)(c2ncc[nH]2)c2ncc[nH]2)c1)(c1ncc[nH]1)c1ncc[nH]1. The Morgan fingerprint density at radius 1 is 0.567 bits per heavy atom. The lowest BCUT2D eigenvalue weighted by Crippen LogP contribution is -2.34. The van der Waals surface area contributed by atoms with Crippen molar-refractivity contribution in [2.45, 2.75) is 11.2 Å². The van der Waals surface area contributed by atoms with Gasteiger partial charge in [0.25, 0.3) is 0 Å². The lowest BCUT2D eigenvalue weighted by Gasteiger charge is -2.28. The maximum Gasteiger partial charge on any atom is 0.205 e. The van der Waals surface area contributed by atoms with Gasteiger partial charge in [0, 0.05) is 49.6 Å². The van der Waals surface area contributed by atoms with Crippen LogP contribution in [0.4, 0.5) is 0 Å². The van der Waals surface area contributed by atoms with Crippen LogP contribution in [0.5, 0.6) is 0 Å². The fourth-order valence-corrected chi connectivity index (χ4v) is 3.59. The minimum Gasteiger partial charge on any atom is -0.371 e. The van der Waals surface area contributed by atoms with E-state index in [1.165, 1.54) is 0 Å². The van der Waals surface area contributed by atoms with Crippen molar-refractivity contribution in [2.75, 3.05) is 0 Å². The molecule has 0 aliphatic heterocycles. The predicted molar refractivity (Wildman–Crippen MR) is 105 cm³/mol. The first-order valence-corrected chi connectivity index (χ1v) is 9.18. The molecule has 0 radical (unpaired) electrons. The first kappa shape index (κ1) is 18.0. The molecule has 4 aromatic heterocycles. The molecule has 0 fully saturated rings. The summed E-state index contributed by atoms with van der Waals surface area (Å²) in [5.74, 6) is 1.14. The molecule has 0 atom stereocenters. The number of rotatable bonds is 6. The maximum absolute atomic E-state index is 11.7. The molecule has 0 saturated heterocycles. The van der Waals surface area contributed by atoms with Crippen molar-refractivity contribution in [1.29, 1.82) is 0 Å². The van der Waals surface area contributed by atoms with E-state index < -0.39 is 11.2 Å². The smallest absolute Gasteiger partial charge is 0.205 e. The van der Waals surface area contributed by atoms with Gasteiger partial charge in [-0.05, 0) is 17.2 Å². The van der Waals surface area contributed by atoms with Crippen molar-refractivity contribution < 1.29 is 10.2 Å². The largest absolute Gasteiger partial charge is 0.371 e. The zero-order valence-electron chi connectivity index (χ0n) is 15.6. The highest BCUT2D eigenvalue weighted by atomic mass is 16.3. The van der Waals surface area contributed by atoms with Gasteiger partial charge < -0.3 is 30.1 Å². The van der Waals surface area contributed by atoms with Gasteiger partial charge in [0.1, 0.15) is 0 Å². The van der Waals surface area contributed by atoms with Crippen LogP contribution in [0, 0.1) is 0 Å². The fourth-order valence-electron chi connectivity index (χ4n) is 3.59. The van der Waals surface area contributed by atoms with Crippen LogP contribution in [-0.2, 0) is 11.2 Å². The second-order valence-corrected chi connectivity index (χ2v) is 6.75. The molecule has 0 unspecified atom stereocenters. The summed E-state index contributed by atoms with van der Waals surface area (Å²) in [5.41, 5.74) is -2.50. The Labute approximate surface area is 170 Å². The van der Waals surface area contributed by atoms with Crippen molar-refractivity contribution in [3.8, 4) is 0 Å². The van der Waals surface area contributed by atoms with E-state index in [0.29, 0.717) is 11.1 Å². The Morgan fingerprint density at radius 2 is 0.900 bits per heavy atom. The summed E-state index contributed by atoms with van der Waals surface area (Å²) in [7, 11) is 0. The normalized spacial score (nSPS) is 12.3. The lowest BCUT2D eigenvalue weighted by molar-refractivity contribution is 0.100. The Hall–Kier alpha value is -4.02. The van der Waals surface area contributed by atoms with E-state index in [4.69, 9.17) is 0 Å². The monoisotopic (exact) mass is 402 g/mol. The van der Waals surface area contributed by atoms with Gasteiger partial charge in [-0.1, -0.05) is 18.2 Å². The number of H-pyrrole nitrogens is 4. The van der Waals surface area contributed by atoms with E-state index in [1.807, 2.05) is 0 Å². The number of nitrogens with zero attached hydrogens (tertiary/aromatic N) is 4. The molecule has 1 aromatic carbocycles. The zero-order chi connectivity index (χ0) is 20.6. The van der Waals surface area contributed by atoms with Crippen LogP contribution in [0.1, 0.15) is 34.4 Å². The third kappa shape index (κ3) is 2.59. The minimum absolute atomic E-state index is 0.286. The molecule has 0 aliphatic carbocycles. The summed E-state index contributed by atoms with van der Waals surface area (Å²) < 4.78 is 0. The first-order valence-electron chi connectivity index (χ1n) is 9.18. The molecular formula is C20H18N8O2. The number of nitrogens with one attached hydrogen (secondary N) is 4. The third-order valence-corrected chi connectivity index (χ3v) is 5.06. The highest BCUT2D eigenvalue weighted by Crippen LogP contribution is 2.37. The number of aromatic nitrogens is 8. The highest BCUT2D eigenvalue weighted by molar-refractivity contribution is 5.44. The topological polar surface area (TPSA) is 155 Å². The molecule has 5 aromatic rings. The number of aliphatic hydroxyl groups is 2. The van der Waals surface area contributed by atoms with Gasteiger partial charge in [0.05, 0.1) is 0 Å². The minimum atomic E-state index is -1.70. The van der Waals surface area contributed by atoms with Crippen molar-refractivity contribution in [3.63, 3.8) is 0 Å². The van der Waals surface area contributed by atoms with E-state index >= 15 is 0 Å². The summed E-state index contributed by atoms with van der Waals surface area (Å²) in [5, 5.41) is 23.5. The van der Waals surface area contributed by atoms with Crippen LogP contribution in [-0.4, -0.2) is 50.1 Å². The molecule has 0 aliphatic rings. The molecule has 4 heterocycles. The van der Waals surface area contributed by atoms with Crippen LogP contribution in [0.15, 0.2) is 73.8 Å². The van der Waals surface area contributed by atoms with E-state index in [0.717, 1.165) is 0 Å². The second kappa shape index (κ2) is 6.79. The van der Waals surface area contributed by atoms with Crippen LogP contribution in [0.25, 0.3) is 0 Å². The average Bonchev–Trinajstić information content (AvgIpc) is 3.61. The molecule has 6 N–H and O–H groups in total. The van der Waals surface area contributed by atoms with Gasteiger partial charge in [0.15, 0.2) is 23.3 Å². The van der Waals surface area contributed by atoms with E-state index in [-0.39, 0.29) is 23.3 Å². The molecule has 0 bridgehead atoms. The summed E-state index contributed by atoms with van der Waals surface area (Å²) in [4.78, 5) is 28.8. The van der Waals surface area contributed by atoms with Crippen molar-refractivity contribution in [2.24, 2.45) is 0 Å². The average molecular weight is 402 g/mol. The van der Waals surface area contributed by atoms with Crippen LogP contribution < -0.4 is 0 Å². The summed E-state index contributed by atoms with van der Waals surface area (Å²) in [6, 6.07) is 6.88. The van der Waals surface area contributed by atoms with Gasteiger partial charge in [-0.15, -0.1) is 0 Å². The summed E-state index contributed by atoms with van der Waals surface area (Å²) >= 11 is 0. The number of hydrogen-bond acceptors (Lipinski definition) is 6. The number of benzene rings is 1. The van der Waals surface area contributed by atoms with Gasteiger partial charge in [-0.3, -0.25) is 0 Å². The quantitative estimate of drug-likeness (QED) is 0.250. The van der Waals surface area contributed by atoms with E-state index in [1.54, 1.807) is 73.8 Å². The fraction of sp³-hybridized carbons (Fsp3) is 0.100. The molecular weight excluding hydrogens is 384 g/mol. The summed E-state index contributed by atoms with van der Waals surface area (Å²) in [6.07, 6.45) is 12.7. The third-order valence-electron chi connectivity index (χ3n) is 5.06. The maximum atomic E-state index is 11.7. The Kier molecular flexibility index (Phi) is 4.09. The molecule has 10 heteroatoms. The number of hydrogen-bond donors (Lipinski definition) is 6. The van der Waals surface area contributed by atoms with Crippen LogP contribution in [0.3, 0.4) is 0 Å². The molecule has 0 amide bonds. The molecule has 30 heavy (non-hydrogen) atoms. The van der Waals surface area contributed by atoms with Gasteiger partial charge in [-0.2, -0.15) is 0 Å². The molecule has 0 spiro atoms. The van der Waals surface area contributed by atoms with Gasteiger partial charge in [-0.25, -0.2) is 19.9 Å². The van der Waals surface area contributed by atoms with Crippen molar-refractivity contribution >= 4 is 0 Å². The highest BCUT2D eigenvalue weighted by Gasteiger charge is 2.43. The Bertz CT molecular complexity index is 1050. The van der Waals surface area contributed by atoms with Gasteiger partial charge in [0.2, 0.25) is 11.2 Å². The number of imidazole rings is 4. The molecule has 0 saturated carbocycles. The van der Waals surface area contributed by atoms with Crippen molar-refractivity contribution in [1.82, 2.24) is 39.9 Å².